The summed E-state index contributed by atoms with van der Waals surface area (Å²) in [4.78, 5) is 1.37. The van der Waals surface area contributed by atoms with Crippen LogP contribution >= 0.6 is 11.3 Å². The third-order valence-corrected chi connectivity index (χ3v) is 2.64. The highest BCUT2D eigenvalue weighted by Gasteiger charge is 1.99. The van der Waals surface area contributed by atoms with Crippen molar-refractivity contribution in [3.05, 3.63) is 21.9 Å². The number of thiophene rings is 1. The number of rotatable bonds is 3. The van der Waals surface area contributed by atoms with Crippen LogP contribution in [0.2, 0.25) is 0 Å². The monoisotopic (exact) mass is 164 g/mol. The van der Waals surface area contributed by atoms with Gasteiger partial charge in [-0.15, -0.1) is 17.8 Å². The van der Waals surface area contributed by atoms with Gasteiger partial charge in [0.15, 0.2) is 0 Å². The molecular formula is C10H12S. The molecule has 0 spiro atoms. The maximum atomic E-state index is 5.32. The Balaban J connectivity index is 2.63. The molecule has 0 atom stereocenters. The molecule has 0 saturated carbocycles. The van der Waals surface area contributed by atoms with Crippen LogP contribution in [0.4, 0.5) is 0 Å². The minimum Gasteiger partial charge on any atom is -0.148 e. The SMILES string of the molecule is C#Cc1ccsc1CCCC. The first-order valence-corrected chi connectivity index (χ1v) is 4.79. The predicted molar refractivity (Wildman–Crippen MR) is 50.9 cm³/mol. The Morgan fingerprint density at radius 2 is 2.45 bits per heavy atom. The Labute approximate surface area is 72.3 Å². The van der Waals surface area contributed by atoms with Crippen molar-refractivity contribution in [2.24, 2.45) is 0 Å². The van der Waals surface area contributed by atoms with Crippen molar-refractivity contribution in [2.75, 3.05) is 0 Å². The van der Waals surface area contributed by atoms with E-state index in [4.69, 9.17) is 6.42 Å². The first kappa shape index (κ1) is 8.36. The Morgan fingerprint density at radius 3 is 3.09 bits per heavy atom. The molecule has 0 amide bonds. The van der Waals surface area contributed by atoms with Crippen molar-refractivity contribution in [1.82, 2.24) is 0 Å². The lowest BCUT2D eigenvalue weighted by molar-refractivity contribution is 0.803. The molecule has 0 fully saturated rings. The summed E-state index contributed by atoms with van der Waals surface area (Å²) in [7, 11) is 0. The molecule has 1 aromatic heterocycles. The van der Waals surface area contributed by atoms with Crippen molar-refractivity contribution in [2.45, 2.75) is 26.2 Å². The highest BCUT2D eigenvalue weighted by atomic mass is 32.1. The Morgan fingerprint density at radius 1 is 1.64 bits per heavy atom. The zero-order valence-corrected chi connectivity index (χ0v) is 7.58. The number of terminal acetylenes is 1. The van der Waals surface area contributed by atoms with E-state index in [1.807, 2.05) is 6.07 Å². The molecule has 0 radical (unpaired) electrons. The van der Waals surface area contributed by atoms with Crippen molar-refractivity contribution in [3.8, 4) is 12.3 Å². The van der Waals surface area contributed by atoms with Crippen LogP contribution in [0.25, 0.3) is 0 Å². The molecule has 1 heterocycles. The van der Waals surface area contributed by atoms with E-state index >= 15 is 0 Å². The largest absolute Gasteiger partial charge is 0.148 e. The minimum absolute atomic E-state index is 1.09. The summed E-state index contributed by atoms with van der Waals surface area (Å²) >= 11 is 1.77. The molecule has 11 heavy (non-hydrogen) atoms. The molecule has 58 valence electrons. The highest BCUT2D eigenvalue weighted by Crippen LogP contribution is 2.17. The van der Waals surface area contributed by atoms with Crippen LogP contribution in [-0.2, 0) is 6.42 Å². The Kier molecular flexibility index (Phi) is 3.19. The van der Waals surface area contributed by atoms with Crippen molar-refractivity contribution in [1.29, 1.82) is 0 Å². The van der Waals surface area contributed by atoms with Gasteiger partial charge in [-0.05, 0) is 24.3 Å². The molecule has 0 aromatic carbocycles. The molecule has 0 N–H and O–H groups in total. The zero-order chi connectivity index (χ0) is 8.10. The summed E-state index contributed by atoms with van der Waals surface area (Å²) in [6, 6.07) is 2.02. The van der Waals surface area contributed by atoms with Gasteiger partial charge < -0.3 is 0 Å². The molecule has 0 saturated heterocycles. The van der Waals surface area contributed by atoms with E-state index in [9.17, 15) is 0 Å². The first-order chi connectivity index (χ1) is 5.38. The van der Waals surface area contributed by atoms with Gasteiger partial charge in [-0.2, -0.15) is 0 Å². The van der Waals surface area contributed by atoms with Gasteiger partial charge >= 0.3 is 0 Å². The molecular weight excluding hydrogens is 152 g/mol. The number of hydrogen-bond donors (Lipinski definition) is 0. The molecule has 1 aromatic rings. The number of unbranched alkanes of at least 4 members (excludes halogenated alkanes) is 1. The second kappa shape index (κ2) is 4.20. The smallest absolute Gasteiger partial charge is 0.0381 e. The number of aryl methyl sites for hydroxylation is 1. The average molecular weight is 164 g/mol. The lowest BCUT2D eigenvalue weighted by Crippen LogP contribution is -1.82. The molecule has 0 bridgehead atoms. The minimum atomic E-state index is 1.09. The molecule has 0 unspecified atom stereocenters. The fraction of sp³-hybridized carbons (Fsp3) is 0.400. The van der Waals surface area contributed by atoms with E-state index in [1.165, 1.54) is 17.7 Å². The van der Waals surface area contributed by atoms with Gasteiger partial charge in [-0.1, -0.05) is 19.3 Å². The molecule has 0 aliphatic carbocycles. The lowest BCUT2D eigenvalue weighted by Gasteiger charge is -1.94. The second-order valence-corrected chi connectivity index (χ2v) is 3.51. The molecule has 0 aliphatic heterocycles. The van der Waals surface area contributed by atoms with E-state index in [-0.39, 0.29) is 0 Å². The van der Waals surface area contributed by atoms with Gasteiger partial charge in [0, 0.05) is 10.4 Å². The molecule has 0 aliphatic rings. The Hall–Kier alpha value is -0.740. The van der Waals surface area contributed by atoms with E-state index < -0.39 is 0 Å². The Bertz CT molecular complexity index is 252. The standard InChI is InChI=1S/C10H12S/c1-3-5-6-10-9(4-2)7-8-11-10/h2,7-8H,3,5-6H2,1H3. The van der Waals surface area contributed by atoms with Crippen LogP contribution in [0.3, 0.4) is 0 Å². The van der Waals surface area contributed by atoms with Gasteiger partial charge in [0.25, 0.3) is 0 Å². The van der Waals surface area contributed by atoms with Crippen molar-refractivity contribution >= 4 is 11.3 Å². The third kappa shape index (κ3) is 2.10. The summed E-state index contributed by atoms with van der Waals surface area (Å²) in [5, 5.41) is 2.07. The number of hydrogen-bond acceptors (Lipinski definition) is 1. The van der Waals surface area contributed by atoms with Gasteiger partial charge in [0.05, 0.1) is 0 Å². The van der Waals surface area contributed by atoms with Crippen LogP contribution in [0.1, 0.15) is 30.2 Å². The van der Waals surface area contributed by atoms with Crippen molar-refractivity contribution in [3.63, 3.8) is 0 Å². The van der Waals surface area contributed by atoms with Gasteiger partial charge in [0.1, 0.15) is 0 Å². The predicted octanol–water partition coefficient (Wildman–Crippen LogP) is 3.07. The first-order valence-electron chi connectivity index (χ1n) is 3.91. The average Bonchev–Trinajstić information content (AvgIpc) is 2.47. The molecule has 1 rings (SSSR count). The van der Waals surface area contributed by atoms with Gasteiger partial charge in [0.2, 0.25) is 0 Å². The van der Waals surface area contributed by atoms with Crippen LogP contribution in [0.5, 0.6) is 0 Å². The maximum absolute atomic E-state index is 5.32. The van der Waals surface area contributed by atoms with Crippen LogP contribution in [-0.4, -0.2) is 0 Å². The topological polar surface area (TPSA) is 0 Å². The van der Waals surface area contributed by atoms with E-state index in [1.54, 1.807) is 11.3 Å². The fourth-order valence-corrected chi connectivity index (χ4v) is 1.88. The fourth-order valence-electron chi connectivity index (χ4n) is 1.00. The van der Waals surface area contributed by atoms with E-state index in [0.717, 1.165) is 12.0 Å². The molecule has 1 heteroatoms. The van der Waals surface area contributed by atoms with E-state index in [0.29, 0.717) is 0 Å². The van der Waals surface area contributed by atoms with Crippen LogP contribution in [0, 0.1) is 12.3 Å². The summed E-state index contributed by atoms with van der Waals surface area (Å²) < 4.78 is 0. The van der Waals surface area contributed by atoms with Crippen LogP contribution < -0.4 is 0 Å². The summed E-state index contributed by atoms with van der Waals surface area (Å²) in [5.74, 6) is 2.69. The highest BCUT2D eigenvalue weighted by molar-refractivity contribution is 7.10. The summed E-state index contributed by atoms with van der Waals surface area (Å²) in [6.07, 6.45) is 8.95. The maximum Gasteiger partial charge on any atom is 0.0381 e. The van der Waals surface area contributed by atoms with E-state index in [2.05, 4.69) is 18.2 Å². The lowest BCUT2D eigenvalue weighted by atomic mass is 10.1. The third-order valence-electron chi connectivity index (χ3n) is 1.66. The quantitative estimate of drug-likeness (QED) is 0.602. The summed E-state index contributed by atoms with van der Waals surface area (Å²) in [5.41, 5.74) is 1.09. The zero-order valence-electron chi connectivity index (χ0n) is 6.76. The second-order valence-electron chi connectivity index (χ2n) is 2.51. The van der Waals surface area contributed by atoms with Gasteiger partial charge in [-0.25, -0.2) is 0 Å². The normalized spacial score (nSPS) is 9.45. The van der Waals surface area contributed by atoms with Crippen molar-refractivity contribution < 1.29 is 0 Å². The molecule has 0 nitrogen and oxygen atoms in total. The van der Waals surface area contributed by atoms with Crippen LogP contribution in [0.15, 0.2) is 11.4 Å². The summed E-state index contributed by atoms with van der Waals surface area (Å²) in [6.45, 7) is 2.20. The van der Waals surface area contributed by atoms with Gasteiger partial charge in [-0.3, -0.25) is 0 Å².